The highest BCUT2D eigenvalue weighted by atomic mass is 16.2. The summed E-state index contributed by atoms with van der Waals surface area (Å²) in [7, 11) is 0. The van der Waals surface area contributed by atoms with E-state index < -0.39 is 0 Å². The van der Waals surface area contributed by atoms with E-state index in [1.165, 1.54) is 0 Å². The molecule has 0 saturated carbocycles. The molecule has 7 heteroatoms. The Labute approximate surface area is 175 Å². The molecule has 2 aromatic carbocycles. The number of rotatable bonds is 5. The molecule has 1 saturated heterocycles. The van der Waals surface area contributed by atoms with Gasteiger partial charge in [-0.3, -0.25) is 18.7 Å². The molecule has 2 heterocycles. The van der Waals surface area contributed by atoms with Crippen molar-refractivity contribution in [3.05, 3.63) is 70.6 Å². The van der Waals surface area contributed by atoms with Crippen LogP contribution >= 0.6 is 0 Å². The van der Waals surface area contributed by atoms with Gasteiger partial charge in [0, 0.05) is 38.3 Å². The van der Waals surface area contributed by atoms with Gasteiger partial charge in [0.25, 0.3) is 5.91 Å². The highest BCUT2D eigenvalue weighted by Crippen LogP contribution is 2.14. The first kappa shape index (κ1) is 19.9. The molecule has 1 aliphatic rings. The molecule has 4 rings (SSSR count). The van der Waals surface area contributed by atoms with E-state index in [1.807, 2.05) is 49.4 Å². The fourth-order valence-corrected chi connectivity index (χ4v) is 4.02. The average molecular weight is 406 g/mol. The smallest absolute Gasteiger partial charge is 0.329 e. The van der Waals surface area contributed by atoms with Crippen LogP contribution in [0.3, 0.4) is 0 Å². The van der Waals surface area contributed by atoms with Crippen LogP contribution in [0.1, 0.15) is 23.7 Å². The Morgan fingerprint density at radius 3 is 2.00 bits per heavy atom. The maximum atomic E-state index is 12.9. The molecule has 7 nitrogen and oxygen atoms in total. The third kappa shape index (κ3) is 3.75. The van der Waals surface area contributed by atoms with Gasteiger partial charge in [0.1, 0.15) is 6.54 Å². The van der Waals surface area contributed by atoms with Crippen molar-refractivity contribution in [2.75, 3.05) is 26.2 Å². The second-order valence-electron chi connectivity index (χ2n) is 7.55. The monoisotopic (exact) mass is 406 g/mol. The fourth-order valence-electron chi connectivity index (χ4n) is 4.02. The molecule has 156 valence electrons. The molecule has 0 aliphatic carbocycles. The SMILES string of the molecule is CCCn1c(=O)n(CC(=O)N2CCN(C(=O)c3ccccc3)CC2)c2ccccc21. The molecular weight excluding hydrogens is 380 g/mol. The van der Waals surface area contributed by atoms with E-state index in [-0.39, 0.29) is 24.0 Å². The summed E-state index contributed by atoms with van der Waals surface area (Å²) in [6, 6.07) is 16.8. The molecule has 1 fully saturated rings. The van der Waals surface area contributed by atoms with Crippen molar-refractivity contribution >= 4 is 22.8 Å². The second kappa shape index (κ2) is 8.57. The summed E-state index contributed by atoms with van der Waals surface area (Å²) >= 11 is 0. The number of hydrogen-bond acceptors (Lipinski definition) is 3. The fraction of sp³-hybridized carbons (Fsp3) is 0.348. The number of fused-ring (bicyclic) bond motifs is 1. The van der Waals surface area contributed by atoms with Crippen molar-refractivity contribution in [3.8, 4) is 0 Å². The van der Waals surface area contributed by atoms with Crippen LogP contribution in [0.5, 0.6) is 0 Å². The van der Waals surface area contributed by atoms with Gasteiger partial charge in [-0.1, -0.05) is 37.3 Å². The minimum absolute atomic E-state index is 0.0124. The van der Waals surface area contributed by atoms with Crippen molar-refractivity contribution in [2.24, 2.45) is 0 Å². The van der Waals surface area contributed by atoms with Gasteiger partial charge in [-0.05, 0) is 30.7 Å². The van der Waals surface area contributed by atoms with Crippen LogP contribution in [0, 0.1) is 0 Å². The minimum atomic E-state index is -0.149. The van der Waals surface area contributed by atoms with E-state index in [2.05, 4.69) is 0 Å². The summed E-state index contributed by atoms with van der Waals surface area (Å²) in [6.45, 7) is 4.60. The number of amides is 2. The zero-order valence-electron chi connectivity index (χ0n) is 17.2. The Morgan fingerprint density at radius 2 is 1.37 bits per heavy atom. The first-order chi connectivity index (χ1) is 14.6. The predicted molar refractivity (Wildman–Crippen MR) is 115 cm³/mol. The summed E-state index contributed by atoms with van der Waals surface area (Å²) in [5.74, 6) is -0.107. The quantitative estimate of drug-likeness (QED) is 0.652. The molecule has 3 aromatic rings. The Hall–Kier alpha value is -3.35. The molecule has 0 unspecified atom stereocenters. The van der Waals surface area contributed by atoms with Gasteiger partial charge < -0.3 is 9.80 Å². The van der Waals surface area contributed by atoms with Gasteiger partial charge in [-0.2, -0.15) is 0 Å². The van der Waals surface area contributed by atoms with E-state index in [4.69, 9.17) is 0 Å². The highest BCUT2D eigenvalue weighted by Gasteiger charge is 2.26. The first-order valence-corrected chi connectivity index (χ1v) is 10.4. The molecule has 1 aromatic heterocycles. The molecule has 0 radical (unpaired) electrons. The molecule has 0 spiro atoms. The zero-order valence-corrected chi connectivity index (χ0v) is 17.2. The molecule has 1 aliphatic heterocycles. The van der Waals surface area contributed by atoms with Crippen molar-refractivity contribution < 1.29 is 9.59 Å². The third-order valence-corrected chi connectivity index (χ3v) is 5.61. The largest absolute Gasteiger partial charge is 0.338 e. The predicted octanol–water partition coefficient (Wildman–Crippen LogP) is 2.20. The molecule has 2 amide bonds. The van der Waals surface area contributed by atoms with Crippen LogP contribution in [0.4, 0.5) is 0 Å². The summed E-state index contributed by atoms with van der Waals surface area (Å²) in [5.41, 5.74) is 2.15. The van der Waals surface area contributed by atoms with Crippen molar-refractivity contribution in [1.82, 2.24) is 18.9 Å². The van der Waals surface area contributed by atoms with Gasteiger partial charge in [-0.25, -0.2) is 4.79 Å². The number of carbonyl (C=O) groups is 2. The van der Waals surface area contributed by atoms with E-state index in [1.54, 1.807) is 31.1 Å². The summed E-state index contributed by atoms with van der Waals surface area (Å²) in [5, 5.41) is 0. The number of benzene rings is 2. The first-order valence-electron chi connectivity index (χ1n) is 10.4. The Balaban J connectivity index is 1.45. The van der Waals surface area contributed by atoms with E-state index >= 15 is 0 Å². The topological polar surface area (TPSA) is 67.6 Å². The van der Waals surface area contributed by atoms with Crippen molar-refractivity contribution in [2.45, 2.75) is 26.4 Å². The number of aryl methyl sites for hydroxylation is 1. The van der Waals surface area contributed by atoms with E-state index in [0.717, 1.165) is 17.5 Å². The molecular formula is C23H26N4O3. The van der Waals surface area contributed by atoms with Crippen LogP contribution in [-0.2, 0) is 17.9 Å². The van der Waals surface area contributed by atoms with Crippen molar-refractivity contribution in [1.29, 1.82) is 0 Å². The van der Waals surface area contributed by atoms with Gasteiger partial charge in [0.15, 0.2) is 0 Å². The van der Waals surface area contributed by atoms with Gasteiger partial charge in [-0.15, -0.1) is 0 Å². The lowest BCUT2D eigenvalue weighted by atomic mass is 10.2. The van der Waals surface area contributed by atoms with Crippen LogP contribution in [0.2, 0.25) is 0 Å². The normalized spacial score (nSPS) is 14.3. The molecule has 0 atom stereocenters. The van der Waals surface area contributed by atoms with Crippen LogP contribution < -0.4 is 5.69 Å². The Bertz CT molecular complexity index is 1110. The number of piperazine rings is 1. The summed E-state index contributed by atoms with van der Waals surface area (Å²) < 4.78 is 3.30. The number of para-hydroxylation sites is 2. The third-order valence-electron chi connectivity index (χ3n) is 5.61. The van der Waals surface area contributed by atoms with Gasteiger partial charge in [0.2, 0.25) is 5.91 Å². The Morgan fingerprint density at radius 1 is 0.800 bits per heavy atom. The van der Waals surface area contributed by atoms with E-state index in [0.29, 0.717) is 38.3 Å². The van der Waals surface area contributed by atoms with Gasteiger partial charge >= 0.3 is 5.69 Å². The lowest BCUT2D eigenvalue weighted by molar-refractivity contribution is -0.133. The number of nitrogens with zero attached hydrogens (tertiary/aromatic N) is 4. The van der Waals surface area contributed by atoms with Crippen LogP contribution in [0.15, 0.2) is 59.4 Å². The zero-order chi connectivity index (χ0) is 21.1. The lowest BCUT2D eigenvalue weighted by Crippen LogP contribution is -2.51. The molecule has 0 bridgehead atoms. The Kier molecular flexibility index (Phi) is 5.70. The van der Waals surface area contributed by atoms with Gasteiger partial charge in [0.05, 0.1) is 11.0 Å². The number of hydrogen-bond donors (Lipinski definition) is 0. The molecule has 0 N–H and O–H groups in total. The summed E-state index contributed by atoms with van der Waals surface area (Å²) in [6.07, 6.45) is 0.846. The minimum Gasteiger partial charge on any atom is -0.338 e. The number of aromatic nitrogens is 2. The number of imidazole rings is 1. The highest BCUT2D eigenvalue weighted by molar-refractivity contribution is 5.94. The van der Waals surface area contributed by atoms with E-state index in [9.17, 15) is 14.4 Å². The second-order valence-corrected chi connectivity index (χ2v) is 7.55. The molecule has 30 heavy (non-hydrogen) atoms. The van der Waals surface area contributed by atoms with Crippen molar-refractivity contribution in [3.63, 3.8) is 0 Å². The van der Waals surface area contributed by atoms with Crippen LogP contribution in [0.25, 0.3) is 11.0 Å². The standard InChI is InChI=1S/C23H26N4O3/c1-2-12-26-19-10-6-7-11-20(19)27(23(26)30)17-21(28)24-13-15-25(16-14-24)22(29)18-8-4-3-5-9-18/h3-11H,2,12-17H2,1H3. The number of carbonyl (C=O) groups excluding carboxylic acids is 2. The maximum Gasteiger partial charge on any atom is 0.329 e. The van der Waals surface area contributed by atoms with Crippen LogP contribution in [-0.4, -0.2) is 56.9 Å². The average Bonchev–Trinajstić information content (AvgIpc) is 3.05. The maximum absolute atomic E-state index is 12.9. The lowest BCUT2D eigenvalue weighted by Gasteiger charge is -2.34. The summed E-state index contributed by atoms with van der Waals surface area (Å²) in [4.78, 5) is 41.9.